The van der Waals surface area contributed by atoms with Crippen LogP contribution in [-0.4, -0.2) is 14.2 Å². The van der Waals surface area contributed by atoms with Gasteiger partial charge in [-0.1, -0.05) is 32.4 Å². The zero-order valence-electron chi connectivity index (χ0n) is 10.7. The van der Waals surface area contributed by atoms with Gasteiger partial charge in [-0.05, 0) is 30.0 Å². The fourth-order valence-corrected chi connectivity index (χ4v) is 3.71. The maximum atomic E-state index is 12.0. The summed E-state index contributed by atoms with van der Waals surface area (Å²) in [6.07, 6.45) is 0.884. The van der Waals surface area contributed by atoms with Crippen LogP contribution in [-0.2, 0) is 15.6 Å². The number of anilines is 1. The molecule has 1 rings (SSSR count). The molecule has 3 nitrogen and oxygen atoms in total. The van der Waals surface area contributed by atoms with Gasteiger partial charge in [-0.15, -0.1) is 0 Å². The van der Waals surface area contributed by atoms with Crippen molar-refractivity contribution in [3.8, 4) is 0 Å². The molecule has 1 unspecified atom stereocenters. The molecule has 0 aliphatic carbocycles. The summed E-state index contributed by atoms with van der Waals surface area (Å²) in [5.41, 5.74) is 8.11. The first-order valence-electron chi connectivity index (χ1n) is 5.90. The van der Waals surface area contributed by atoms with Crippen LogP contribution >= 0.6 is 0 Å². The lowest BCUT2D eigenvalue weighted by molar-refractivity contribution is 0.563. The Bertz CT molecular complexity index is 480. The molecule has 0 heterocycles. The predicted molar refractivity (Wildman–Crippen MR) is 72.5 cm³/mol. The molecule has 1 atom stereocenters. The first-order chi connectivity index (χ1) is 7.85. The predicted octanol–water partition coefficient (Wildman–Crippen LogP) is 2.54. The molecule has 0 radical (unpaired) electrons. The van der Waals surface area contributed by atoms with Gasteiger partial charge in [-0.25, -0.2) is 8.42 Å². The third-order valence-corrected chi connectivity index (χ3v) is 4.93. The molecule has 4 heteroatoms. The molecule has 1 aromatic rings. The summed E-state index contributed by atoms with van der Waals surface area (Å²) in [5.74, 6) is 0.549. The zero-order chi connectivity index (χ0) is 13.1. The van der Waals surface area contributed by atoms with Crippen LogP contribution in [0.25, 0.3) is 0 Å². The van der Waals surface area contributed by atoms with Crippen molar-refractivity contribution in [3.05, 3.63) is 29.3 Å². The third kappa shape index (κ3) is 4.04. The molecule has 0 aromatic heterocycles. The van der Waals surface area contributed by atoms with Crippen LogP contribution in [0.1, 0.15) is 31.4 Å². The van der Waals surface area contributed by atoms with E-state index in [1.807, 2.05) is 26.8 Å². The maximum Gasteiger partial charge on any atom is 0.154 e. The second kappa shape index (κ2) is 5.54. The quantitative estimate of drug-likeness (QED) is 0.822. The summed E-state index contributed by atoms with van der Waals surface area (Å²) < 4.78 is 24.0. The Kier molecular flexibility index (Phi) is 4.57. The van der Waals surface area contributed by atoms with Crippen molar-refractivity contribution < 1.29 is 8.42 Å². The first kappa shape index (κ1) is 14.0. The fraction of sp³-hybridized carbons (Fsp3) is 0.538. The van der Waals surface area contributed by atoms with Crippen LogP contribution < -0.4 is 5.73 Å². The highest BCUT2D eigenvalue weighted by Gasteiger charge is 2.17. The van der Waals surface area contributed by atoms with Gasteiger partial charge in [0.2, 0.25) is 0 Å². The lowest BCUT2D eigenvalue weighted by Gasteiger charge is -2.12. The molecule has 96 valence electrons. The maximum absolute atomic E-state index is 12.0. The largest absolute Gasteiger partial charge is 0.399 e. The minimum Gasteiger partial charge on any atom is -0.399 e. The highest BCUT2D eigenvalue weighted by atomic mass is 32.2. The summed E-state index contributed by atoms with van der Waals surface area (Å²) in [6.45, 7) is 5.83. The van der Waals surface area contributed by atoms with Gasteiger partial charge in [0.05, 0.1) is 11.5 Å². The van der Waals surface area contributed by atoms with Crippen molar-refractivity contribution in [2.45, 2.75) is 32.9 Å². The first-order valence-corrected chi connectivity index (χ1v) is 7.72. The van der Waals surface area contributed by atoms with Crippen molar-refractivity contribution in [1.29, 1.82) is 0 Å². The summed E-state index contributed by atoms with van der Waals surface area (Å²) in [6, 6.07) is 5.43. The summed E-state index contributed by atoms with van der Waals surface area (Å²) >= 11 is 0. The van der Waals surface area contributed by atoms with Crippen molar-refractivity contribution in [2.75, 3.05) is 11.5 Å². The van der Waals surface area contributed by atoms with E-state index in [0.29, 0.717) is 5.69 Å². The molecule has 0 amide bonds. The van der Waals surface area contributed by atoms with Gasteiger partial charge in [0.25, 0.3) is 0 Å². The third-order valence-electron chi connectivity index (χ3n) is 3.10. The highest BCUT2D eigenvalue weighted by Crippen LogP contribution is 2.19. The standard InChI is InChI=1S/C13H21NO2S/c1-4-10(2)8-17(15,16)9-12-6-5-7-13(14)11(12)3/h5-7,10H,4,8-9,14H2,1-3H3. The molecule has 0 aliphatic rings. The van der Waals surface area contributed by atoms with Gasteiger partial charge >= 0.3 is 0 Å². The number of benzene rings is 1. The Hall–Kier alpha value is -1.03. The molecular formula is C13H21NO2S. The van der Waals surface area contributed by atoms with E-state index in [-0.39, 0.29) is 17.4 Å². The summed E-state index contributed by atoms with van der Waals surface area (Å²) in [4.78, 5) is 0. The van der Waals surface area contributed by atoms with Crippen molar-refractivity contribution in [3.63, 3.8) is 0 Å². The number of nitrogens with two attached hydrogens (primary N) is 1. The van der Waals surface area contributed by atoms with E-state index in [9.17, 15) is 8.42 Å². The van der Waals surface area contributed by atoms with Gasteiger partial charge in [0, 0.05) is 5.69 Å². The minimum atomic E-state index is -3.04. The Morgan fingerprint density at radius 3 is 2.59 bits per heavy atom. The number of hydrogen-bond acceptors (Lipinski definition) is 3. The molecule has 17 heavy (non-hydrogen) atoms. The van der Waals surface area contributed by atoms with Crippen LogP contribution in [0.2, 0.25) is 0 Å². The van der Waals surface area contributed by atoms with E-state index < -0.39 is 9.84 Å². The van der Waals surface area contributed by atoms with Crippen LogP contribution in [0.3, 0.4) is 0 Å². The number of sulfone groups is 1. The molecule has 2 N–H and O–H groups in total. The van der Waals surface area contributed by atoms with Crippen LogP contribution in [0.5, 0.6) is 0 Å². The van der Waals surface area contributed by atoms with Gasteiger partial charge in [-0.2, -0.15) is 0 Å². The van der Waals surface area contributed by atoms with E-state index in [4.69, 9.17) is 5.73 Å². The molecule has 0 bridgehead atoms. The van der Waals surface area contributed by atoms with E-state index in [1.165, 1.54) is 0 Å². The van der Waals surface area contributed by atoms with E-state index >= 15 is 0 Å². The Balaban J connectivity index is 2.87. The molecule has 0 saturated carbocycles. The Morgan fingerprint density at radius 2 is 2.00 bits per heavy atom. The summed E-state index contributed by atoms with van der Waals surface area (Å²) in [5, 5.41) is 0. The monoisotopic (exact) mass is 255 g/mol. The smallest absolute Gasteiger partial charge is 0.154 e. The van der Waals surface area contributed by atoms with E-state index in [0.717, 1.165) is 17.5 Å². The van der Waals surface area contributed by atoms with Crippen LogP contribution in [0.4, 0.5) is 5.69 Å². The van der Waals surface area contributed by atoms with Gasteiger partial charge in [0.1, 0.15) is 0 Å². The van der Waals surface area contributed by atoms with Gasteiger partial charge in [0.15, 0.2) is 9.84 Å². The minimum absolute atomic E-state index is 0.0915. The van der Waals surface area contributed by atoms with Gasteiger partial charge < -0.3 is 5.73 Å². The van der Waals surface area contributed by atoms with Crippen molar-refractivity contribution in [2.24, 2.45) is 5.92 Å². The molecule has 0 aliphatic heterocycles. The van der Waals surface area contributed by atoms with E-state index in [2.05, 4.69) is 0 Å². The fourth-order valence-electron chi connectivity index (χ4n) is 1.71. The Labute approximate surface area is 104 Å². The lowest BCUT2D eigenvalue weighted by atomic mass is 10.1. The number of rotatable bonds is 5. The number of nitrogen functional groups attached to an aromatic ring is 1. The Morgan fingerprint density at radius 1 is 1.35 bits per heavy atom. The molecule has 0 spiro atoms. The second-order valence-corrected chi connectivity index (χ2v) is 6.81. The molecule has 0 saturated heterocycles. The summed E-state index contributed by atoms with van der Waals surface area (Å²) in [7, 11) is -3.04. The van der Waals surface area contributed by atoms with Crippen LogP contribution in [0.15, 0.2) is 18.2 Å². The number of hydrogen-bond donors (Lipinski definition) is 1. The average molecular weight is 255 g/mol. The molecule has 0 fully saturated rings. The second-order valence-electron chi connectivity index (χ2n) is 4.70. The average Bonchev–Trinajstić information content (AvgIpc) is 2.23. The van der Waals surface area contributed by atoms with Crippen LogP contribution in [0, 0.1) is 12.8 Å². The van der Waals surface area contributed by atoms with E-state index in [1.54, 1.807) is 12.1 Å². The van der Waals surface area contributed by atoms with Crippen molar-refractivity contribution in [1.82, 2.24) is 0 Å². The topological polar surface area (TPSA) is 60.2 Å². The lowest BCUT2D eigenvalue weighted by Crippen LogP contribution is -2.16. The van der Waals surface area contributed by atoms with Crippen molar-refractivity contribution >= 4 is 15.5 Å². The molecular weight excluding hydrogens is 234 g/mol. The highest BCUT2D eigenvalue weighted by molar-refractivity contribution is 7.90. The van der Waals surface area contributed by atoms with Gasteiger partial charge in [-0.3, -0.25) is 0 Å². The molecule has 1 aromatic carbocycles. The SMILES string of the molecule is CCC(C)CS(=O)(=O)Cc1cccc(N)c1C. The normalized spacial score (nSPS) is 13.6. The zero-order valence-corrected chi connectivity index (χ0v) is 11.5.